The minimum Gasteiger partial charge on any atom is -0.367 e. The van der Waals surface area contributed by atoms with Gasteiger partial charge in [0.25, 0.3) is 0 Å². The highest BCUT2D eigenvalue weighted by atomic mass is 15.2. The molecule has 21 heavy (non-hydrogen) atoms. The van der Waals surface area contributed by atoms with Crippen LogP contribution in [0.1, 0.15) is 33.1 Å². The van der Waals surface area contributed by atoms with Gasteiger partial charge in [-0.15, -0.1) is 6.58 Å². The highest BCUT2D eigenvalue weighted by Crippen LogP contribution is 2.56. The maximum atomic E-state index is 3.99. The lowest BCUT2D eigenvalue weighted by Gasteiger charge is -2.48. The van der Waals surface area contributed by atoms with Crippen molar-refractivity contribution in [2.75, 3.05) is 19.6 Å². The first-order valence-corrected chi connectivity index (χ1v) is 8.37. The van der Waals surface area contributed by atoms with Gasteiger partial charge in [-0.05, 0) is 36.3 Å². The van der Waals surface area contributed by atoms with E-state index in [1.807, 2.05) is 0 Å². The summed E-state index contributed by atoms with van der Waals surface area (Å²) in [6, 6.07) is 0.652. The van der Waals surface area contributed by atoms with Gasteiger partial charge in [-0.25, -0.2) is 0 Å². The molecule has 0 saturated carbocycles. The molecule has 3 atom stereocenters. The van der Waals surface area contributed by atoms with E-state index in [9.17, 15) is 0 Å². The SMILES string of the molecule is C=CCN1C2=C3CC1C(C)C1(C)CNCC=CC3=C1CC2. The predicted molar refractivity (Wildman–Crippen MR) is 87.9 cm³/mol. The van der Waals surface area contributed by atoms with E-state index in [4.69, 9.17) is 0 Å². The quantitative estimate of drug-likeness (QED) is 0.781. The first kappa shape index (κ1) is 13.4. The van der Waals surface area contributed by atoms with Crippen molar-refractivity contribution < 1.29 is 0 Å². The van der Waals surface area contributed by atoms with E-state index < -0.39 is 0 Å². The van der Waals surface area contributed by atoms with E-state index >= 15 is 0 Å². The molecule has 0 radical (unpaired) electrons. The second-order valence-corrected chi connectivity index (χ2v) is 7.27. The maximum absolute atomic E-state index is 3.99. The van der Waals surface area contributed by atoms with Crippen molar-refractivity contribution in [2.45, 2.75) is 39.2 Å². The van der Waals surface area contributed by atoms with Gasteiger partial charge in [0.05, 0.1) is 0 Å². The second-order valence-electron chi connectivity index (χ2n) is 7.27. The Kier molecular flexibility index (Phi) is 2.94. The van der Waals surface area contributed by atoms with Crippen LogP contribution in [0.3, 0.4) is 0 Å². The highest BCUT2D eigenvalue weighted by molar-refractivity contribution is 5.55. The van der Waals surface area contributed by atoms with Crippen molar-refractivity contribution in [3.63, 3.8) is 0 Å². The molecule has 3 unspecified atom stereocenters. The van der Waals surface area contributed by atoms with Crippen molar-refractivity contribution in [3.05, 3.63) is 47.2 Å². The standard InChI is InChI=1S/C19H26N2/c1-4-10-21-17-8-7-16-14-6-5-9-20-12-19(16,3)13(2)18(21)11-15(14)17/h4-6,13,18,20H,1,7-12H2,2-3H3. The van der Waals surface area contributed by atoms with Crippen LogP contribution in [0.2, 0.25) is 0 Å². The van der Waals surface area contributed by atoms with Gasteiger partial charge in [0, 0.05) is 36.8 Å². The molecule has 112 valence electrons. The molecular formula is C19H26N2. The lowest BCUT2D eigenvalue weighted by molar-refractivity contribution is 0.118. The van der Waals surface area contributed by atoms with Crippen LogP contribution in [0.4, 0.5) is 0 Å². The fourth-order valence-corrected chi connectivity index (χ4v) is 5.12. The molecule has 0 aromatic heterocycles. The van der Waals surface area contributed by atoms with E-state index in [0.717, 1.165) is 19.6 Å². The molecule has 4 rings (SSSR count). The van der Waals surface area contributed by atoms with E-state index in [1.165, 1.54) is 19.3 Å². The predicted octanol–water partition coefficient (Wildman–Crippen LogP) is 3.41. The lowest BCUT2D eigenvalue weighted by atomic mass is 9.65. The number of likely N-dealkylation sites (tertiary alicyclic amines) is 1. The minimum absolute atomic E-state index is 0.290. The molecule has 2 aliphatic heterocycles. The molecule has 1 N–H and O–H groups in total. The fraction of sp³-hybridized carbons (Fsp3) is 0.579. The van der Waals surface area contributed by atoms with Crippen LogP contribution < -0.4 is 5.32 Å². The number of fused-ring (bicyclic) bond motifs is 1. The van der Waals surface area contributed by atoms with Crippen LogP contribution in [-0.2, 0) is 0 Å². The Bertz CT molecular complexity index is 580. The number of nitrogens with zero attached hydrogens (tertiary/aromatic N) is 1. The van der Waals surface area contributed by atoms with Crippen LogP contribution in [0.15, 0.2) is 47.2 Å². The average Bonchev–Trinajstić information content (AvgIpc) is 2.80. The van der Waals surface area contributed by atoms with Crippen molar-refractivity contribution in [3.8, 4) is 0 Å². The molecule has 0 fully saturated rings. The van der Waals surface area contributed by atoms with Crippen LogP contribution in [0.25, 0.3) is 0 Å². The minimum atomic E-state index is 0.290. The van der Waals surface area contributed by atoms with Crippen molar-refractivity contribution >= 4 is 0 Å². The van der Waals surface area contributed by atoms with Gasteiger partial charge in [0.2, 0.25) is 0 Å². The molecule has 0 aromatic rings. The molecule has 2 aliphatic carbocycles. The Morgan fingerprint density at radius 1 is 1.48 bits per heavy atom. The van der Waals surface area contributed by atoms with Crippen LogP contribution in [0, 0.1) is 11.3 Å². The second kappa shape index (κ2) is 4.61. The third-order valence-electron chi connectivity index (χ3n) is 6.41. The Hall–Kier alpha value is -1.28. The molecule has 0 spiro atoms. The summed E-state index contributed by atoms with van der Waals surface area (Å²) in [6.07, 6.45) is 10.5. The van der Waals surface area contributed by atoms with Gasteiger partial charge in [0.15, 0.2) is 0 Å². The summed E-state index contributed by atoms with van der Waals surface area (Å²) in [6.45, 7) is 12.1. The number of hydrogen-bond donors (Lipinski definition) is 1. The topological polar surface area (TPSA) is 15.3 Å². The Morgan fingerprint density at radius 3 is 3.14 bits per heavy atom. The normalized spacial score (nSPS) is 37.7. The van der Waals surface area contributed by atoms with Gasteiger partial charge in [-0.3, -0.25) is 0 Å². The monoisotopic (exact) mass is 282 g/mol. The Balaban J connectivity index is 1.94. The summed E-state index contributed by atoms with van der Waals surface area (Å²) in [7, 11) is 0. The number of rotatable bonds is 2. The zero-order valence-corrected chi connectivity index (χ0v) is 13.3. The number of hydrogen-bond acceptors (Lipinski definition) is 2. The summed E-state index contributed by atoms with van der Waals surface area (Å²) < 4.78 is 0. The summed E-state index contributed by atoms with van der Waals surface area (Å²) in [4.78, 5) is 2.66. The molecule has 2 nitrogen and oxygen atoms in total. The molecule has 0 saturated heterocycles. The van der Waals surface area contributed by atoms with E-state index in [-0.39, 0.29) is 5.41 Å². The van der Waals surface area contributed by atoms with Crippen molar-refractivity contribution in [1.82, 2.24) is 10.2 Å². The van der Waals surface area contributed by atoms with E-state index in [1.54, 1.807) is 22.4 Å². The van der Waals surface area contributed by atoms with Crippen LogP contribution >= 0.6 is 0 Å². The zero-order valence-electron chi connectivity index (χ0n) is 13.3. The summed E-state index contributed by atoms with van der Waals surface area (Å²) >= 11 is 0. The van der Waals surface area contributed by atoms with Crippen LogP contribution in [-0.4, -0.2) is 30.6 Å². The largest absolute Gasteiger partial charge is 0.367 e. The molecule has 4 aliphatic rings. The molecular weight excluding hydrogens is 256 g/mol. The number of allylic oxidation sites excluding steroid dienone is 3. The third kappa shape index (κ3) is 1.69. The summed E-state index contributed by atoms with van der Waals surface area (Å²) in [5.74, 6) is 0.678. The van der Waals surface area contributed by atoms with Crippen molar-refractivity contribution in [2.24, 2.45) is 11.3 Å². The van der Waals surface area contributed by atoms with Gasteiger partial charge < -0.3 is 10.2 Å². The van der Waals surface area contributed by atoms with Crippen molar-refractivity contribution in [1.29, 1.82) is 0 Å². The first-order chi connectivity index (χ1) is 10.2. The molecule has 0 aromatic carbocycles. The smallest absolute Gasteiger partial charge is 0.0366 e. The van der Waals surface area contributed by atoms with Gasteiger partial charge in [-0.2, -0.15) is 0 Å². The van der Waals surface area contributed by atoms with E-state index in [2.05, 4.69) is 48.9 Å². The Morgan fingerprint density at radius 2 is 2.33 bits per heavy atom. The highest BCUT2D eigenvalue weighted by Gasteiger charge is 2.50. The maximum Gasteiger partial charge on any atom is 0.0366 e. The zero-order chi connectivity index (χ0) is 14.6. The summed E-state index contributed by atoms with van der Waals surface area (Å²) in [5.41, 5.74) is 6.86. The van der Waals surface area contributed by atoms with Gasteiger partial charge in [-0.1, -0.05) is 37.6 Å². The van der Waals surface area contributed by atoms with E-state index in [0.29, 0.717) is 12.0 Å². The van der Waals surface area contributed by atoms with Gasteiger partial charge >= 0.3 is 0 Å². The lowest BCUT2D eigenvalue weighted by Crippen LogP contribution is -2.49. The molecule has 5 bridgehead atoms. The van der Waals surface area contributed by atoms with Crippen LogP contribution in [0.5, 0.6) is 0 Å². The summed E-state index contributed by atoms with van der Waals surface area (Å²) in [5, 5.41) is 3.65. The van der Waals surface area contributed by atoms with Gasteiger partial charge in [0.1, 0.15) is 0 Å². The molecule has 2 heteroatoms. The molecule has 2 heterocycles. The first-order valence-electron chi connectivity index (χ1n) is 8.37. The molecule has 0 amide bonds. The average molecular weight is 282 g/mol. The fourth-order valence-electron chi connectivity index (χ4n) is 5.12. The number of nitrogens with one attached hydrogen (secondary N) is 1. The Labute approximate surface area is 128 Å². The third-order valence-corrected chi connectivity index (χ3v) is 6.41.